The van der Waals surface area contributed by atoms with E-state index in [0.29, 0.717) is 19.3 Å². The summed E-state index contributed by atoms with van der Waals surface area (Å²) in [5.41, 5.74) is 10.3. The van der Waals surface area contributed by atoms with Gasteiger partial charge >= 0.3 is 0 Å². The smallest absolute Gasteiger partial charge is 0.168 e. The fraction of sp³-hybridized carbons (Fsp3) is 0.528. The summed E-state index contributed by atoms with van der Waals surface area (Å²) in [7, 11) is 2.27. The predicted octanol–water partition coefficient (Wildman–Crippen LogP) is 7.76. The molecule has 0 unspecified atom stereocenters. The van der Waals surface area contributed by atoms with Crippen LogP contribution in [0, 0.1) is 6.92 Å². The lowest BCUT2D eigenvalue weighted by molar-refractivity contribution is -0.186. The fourth-order valence-electron chi connectivity index (χ4n) is 7.33. The van der Waals surface area contributed by atoms with E-state index in [1.807, 2.05) is 0 Å². The lowest BCUT2D eigenvalue weighted by atomic mass is 9.87. The largest absolute Gasteiger partial charge is 0.490 e. The van der Waals surface area contributed by atoms with Crippen LogP contribution in [0.15, 0.2) is 48.5 Å². The maximum Gasteiger partial charge on any atom is 0.168 e. The number of hydrogen-bond acceptors (Lipinski definition) is 5. The molecule has 1 atom stereocenters. The minimum atomic E-state index is -0.382. The van der Waals surface area contributed by atoms with Gasteiger partial charge < -0.3 is 14.2 Å². The Morgan fingerprint density at radius 2 is 1.66 bits per heavy atom. The third-order valence-electron chi connectivity index (χ3n) is 9.62. The van der Waals surface area contributed by atoms with Gasteiger partial charge in [-0.25, -0.2) is 0 Å². The topological polar surface area (TPSA) is 43.8 Å². The highest BCUT2D eigenvalue weighted by atomic mass is 16.7. The van der Waals surface area contributed by atoms with Crippen LogP contribution in [0.1, 0.15) is 91.9 Å². The Morgan fingerprint density at radius 3 is 2.37 bits per heavy atom. The van der Waals surface area contributed by atoms with E-state index in [4.69, 9.17) is 19.2 Å². The molecule has 218 valence electrons. The monoisotopic (exact) mass is 554 g/mol. The van der Waals surface area contributed by atoms with E-state index in [-0.39, 0.29) is 11.9 Å². The van der Waals surface area contributed by atoms with Crippen molar-refractivity contribution >= 4 is 0 Å². The Balaban J connectivity index is 1.34. The molecular formula is C36H46N2O3. The van der Waals surface area contributed by atoms with Crippen LogP contribution in [-0.4, -0.2) is 42.0 Å². The first-order chi connectivity index (χ1) is 20.0. The summed E-state index contributed by atoms with van der Waals surface area (Å²) in [5, 5.41) is 0. The molecule has 6 rings (SSSR count). The number of hydrogen-bond donors (Lipinski definition) is 0. The zero-order valence-electron chi connectivity index (χ0n) is 25.4. The molecule has 2 aromatic carbocycles. The van der Waals surface area contributed by atoms with E-state index in [9.17, 15) is 0 Å². The van der Waals surface area contributed by atoms with Gasteiger partial charge in [0.2, 0.25) is 0 Å². The highest BCUT2D eigenvalue weighted by Crippen LogP contribution is 2.40. The van der Waals surface area contributed by atoms with Crippen LogP contribution in [0.5, 0.6) is 5.75 Å². The van der Waals surface area contributed by atoms with Crippen LogP contribution < -0.4 is 4.74 Å². The molecule has 2 fully saturated rings. The highest BCUT2D eigenvalue weighted by molar-refractivity contribution is 5.70. The molecule has 2 heterocycles. The molecule has 0 amide bonds. The zero-order chi connectivity index (χ0) is 28.4. The summed E-state index contributed by atoms with van der Waals surface area (Å²) in [6, 6.07) is 18.3. The van der Waals surface area contributed by atoms with Crippen molar-refractivity contribution in [1.82, 2.24) is 9.88 Å². The molecule has 1 saturated heterocycles. The zero-order valence-corrected chi connectivity index (χ0v) is 25.4. The number of aryl methyl sites for hydroxylation is 4. The first-order valence-electron chi connectivity index (χ1n) is 15.8. The minimum Gasteiger partial charge on any atom is -0.490 e. The number of benzene rings is 2. The van der Waals surface area contributed by atoms with Crippen molar-refractivity contribution in [3.05, 3.63) is 82.0 Å². The second kappa shape index (κ2) is 12.2. The number of fused-ring (bicyclic) bond motifs is 1. The van der Waals surface area contributed by atoms with Crippen LogP contribution in [0.2, 0.25) is 0 Å². The molecule has 2 aliphatic carbocycles. The second-order valence-corrected chi connectivity index (χ2v) is 12.2. The van der Waals surface area contributed by atoms with E-state index in [0.717, 1.165) is 62.2 Å². The first-order valence-corrected chi connectivity index (χ1v) is 15.8. The Bertz CT molecular complexity index is 1330. The van der Waals surface area contributed by atoms with Gasteiger partial charge in [0.05, 0.1) is 25.0 Å². The normalized spacial score (nSPS) is 20.5. The maximum absolute atomic E-state index is 6.96. The third kappa shape index (κ3) is 5.82. The van der Waals surface area contributed by atoms with Gasteiger partial charge in [0.1, 0.15) is 5.75 Å². The summed E-state index contributed by atoms with van der Waals surface area (Å²) in [4.78, 5) is 7.78. The molecule has 41 heavy (non-hydrogen) atoms. The second-order valence-electron chi connectivity index (χ2n) is 12.2. The van der Waals surface area contributed by atoms with Gasteiger partial charge in [0, 0.05) is 48.3 Å². The standard InChI is InChI=1S/C36H46N2O3/c1-5-26-12-9-13-27(6-2)35(26)32-23-34(41-29-17-19-36(20-18-29)39-21-22-40-36)31(25(3)37-32)24-38(4)33-16-10-14-28-11-7-8-15-30(28)33/h7-9,11-13,15,23,29,33H,5-6,10,14,16-22,24H2,1-4H3/t33-/m0/s1. The van der Waals surface area contributed by atoms with Crippen molar-refractivity contribution in [2.75, 3.05) is 20.3 Å². The summed E-state index contributed by atoms with van der Waals surface area (Å²) in [6.07, 6.45) is 9.36. The SMILES string of the molecule is CCc1cccc(CC)c1-c1cc(OC2CCC3(CC2)OCCO3)c(CN(C)[C@H]2CCCc3ccccc32)c(C)n1. The molecule has 5 nitrogen and oxygen atoms in total. The third-order valence-corrected chi connectivity index (χ3v) is 9.62. The van der Waals surface area contributed by atoms with Crippen molar-refractivity contribution in [2.24, 2.45) is 0 Å². The van der Waals surface area contributed by atoms with Gasteiger partial charge in [0.15, 0.2) is 5.79 Å². The van der Waals surface area contributed by atoms with Gasteiger partial charge in [-0.05, 0) is 81.2 Å². The van der Waals surface area contributed by atoms with Crippen LogP contribution in [0.4, 0.5) is 0 Å². The molecule has 3 aromatic rings. The number of ether oxygens (including phenoxy) is 3. The summed E-state index contributed by atoms with van der Waals surface area (Å²) < 4.78 is 19.0. The summed E-state index contributed by atoms with van der Waals surface area (Å²) in [5.74, 6) is 0.609. The van der Waals surface area contributed by atoms with Crippen molar-refractivity contribution in [3.63, 3.8) is 0 Å². The van der Waals surface area contributed by atoms with E-state index < -0.39 is 0 Å². The number of aromatic nitrogens is 1. The summed E-state index contributed by atoms with van der Waals surface area (Å²) >= 11 is 0. The predicted molar refractivity (Wildman–Crippen MR) is 164 cm³/mol. The van der Waals surface area contributed by atoms with Gasteiger partial charge in [-0.3, -0.25) is 9.88 Å². The minimum absolute atomic E-state index is 0.148. The lowest BCUT2D eigenvalue weighted by Crippen LogP contribution is -2.38. The molecule has 0 bridgehead atoms. The molecule has 1 aromatic heterocycles. The molecule has 0 N–H and O–H groups in total. The van der Waals surface area contributed by atoms with Crippen LogP contribution in [-0.2, 0) is 35.3 Å². The van der Waals surface area contributed by atoms with E-state index in [2.05, 4.69) is 81.2 Å². The molecule has 1 spiro atoms. The molecular weight excluding hydrogens is 508 g/mol. The van der Waals surface area contributed by atoms with E-state index in [1.165, 1.54) is 52.6 Å². The first kappa shape index (κ1) is 28.4. The average molecular weight is 555 g/mol. The van der Waals surface area contributed by atoms with Gasteiger partial charge in [-0.15, -0.1) is 0 Å². The molecule has 5 heteroatoms. The average Bonchev–Trinajstić information content (AvgIpc) is 3.46. The van der Waals surface area contributed by atoms with Crippen molar-refractivity contribution in [3.8, 4) is 17.0 Å². The molecule has 0 radical (unpaired) electrons. The lowest BCUT2D eigenvalue weighted by Gasteiger charge is -2.36. The molecule has 3 aliphatic rings. The van der Waals surface area contributed by atoms with Crippen LogP contribution in [0.3, 0.4) is 0 Å². The Kier molecular flexibility index (Phi) is 8.48. The fourth-order valence-corrected chi connectivity index (χ4v) is 7.33. The number of rotatable bonds is 8. The van der Waals surface area contributed by atoms with E-state index in [1.54, 1.807) is 0 Å². The van der Waals surface area contributed by atoms with E-state index >= 15 is 0 Å². The summed E-state index contributed by atoms with van der Waals surface area (Å²) in [6.45, 7) is 8.86. The highest BCUT2D eigenvalue weighted by Gasteiger charge is 2.41. The van der Waals surface area contributed by atoms with Gasteiger partial charge in [-0.1, -0.05) is 56.3 Å². The Morgan fingerprint density at radius 1 is 0.951 bits per heavy atom. The van der Waals surface area contributed by atoms with Crippen molar-refractivity contribution in [2.45, 2.75) is 103 Å². The van der Waals surface area contributed by atoms with Crippen molar-refractivity contribution < 1.29 is 14.2 Å². The van der Waals surface area contributed by atoms with Crippen LogP contribution >= 0.6 is 0 Å². The maximum atomic E-state index is 6.96. The molecule has 1 aliphatic heterocycles. The Hall–Kier alpha value is -2.73. The number of pyridine rings is 1. The molecule has 1 saturated carbocycles. The van der Waals surface area contributed by atoms with Gasteiger partial charge in [-0.2, -0.15) is 0 Å². The van der Waals surface area contributed by atoms with Gasteiger partial charge in [0.25, 0.3) is 0 Å². The van der Waals surface area contributed by atoms with Crippen LogP contribution in [0.25, 0.3) is 11.3 Å². The quantitative estimate of drug-likeness (QED) is 0.285. The Labute approximate surface area is 246 Å². The van der Waals surface area contributed by atoms with Crippen molar-refractivity contribution in [1.29, 1.82) is 0 Å². The number of nitrogens with zero attached hydrogens (tertiary/aromatic N) is 2.